The van der Waals surface area contributed by atoms with E-state index in [0.717, 1.165) is 12.1 Å². The standard InChI is InChI=1S/C11H13N/c1-2-8-3-4-9-7-10(12)5-6-11(8)9/h2,5-7H,3-4,12H2,1H3/b8-2-. The molecule has 1 aromatic rings. The van der Waals surface area contributed by atoms with Gasteiger partial charge in [0, 0.05) is 5.69 Å². The highest BCUT2D eigenvalue weighted by Gasteiger charge is 2.14. The summed E-state index contributed by atoms with van der Waals surface area (Å²) in [5, 5.41) is 0. The van der Waals surface area contributed by atoms with Crippen LogP contribution in [0.5, 0.6) is 0 Å². The van der Waals surface area contributed by atoms with Gasteiger partial charge in [-0.25, -0.2) is 0 Å². The minimum absolute atomic E-state index is 0.881. The van der Waals surface area contributed by atoms with Crippen molar-refractivity contribution in [2.75, 3.05) is 5.73 Å². The molecule has 0 heterocycles. The molecule has 0 aromatic heterocycles. The molecule has 0 unspecified atom stereocenters. The fourth-order valence-corrected chi connectivity index (χ4v) is 1.84. The van der Waals surface area contributed by atoms with Crippen LogP contribution >= 0.6 is 0 Å². The van der Waals surface area contributed by atoms with Gasteiger partial charge < -0.3 is 5.73 Å². The number of hydrogen-bond donors (Lipinski definition) is 1. The molecule has 0 saturated heterocycles. The lowest BCUT2D eigenvalue weighted by Crippen LogP contribution is -1.87. The van der Waals surface area contributed by atoms with Crippen LogP contribution in [0.3, 0.4) is 0 Å². The Bertz CT molecular complexity index is 337. The SMILES string of the molecule is C/C=C1/CCc2cc(N)ccc21. The molecule has 2 rings (SSSR count). The van der Waals surface area contributed by atoms with Crippen molar-refractivity contribution in [3.8, 4) is 0 Å². The van der Waals surface area contributed by atoms with Crippen molar-refractivity contribution in [2.24, 2.45) is 0 Å². The third-order valence-electron chi connectivity index (χ3n) is 2.49. The zero-order valence-corrected chi connectivity index (χ0v) is 7.30. The van der Waals surface area contributed by atoms with E-state index < -0.39 is 0 Å². The van der Waals surface area contributed by atoms with Crippen molar-refractivity contribution in [2.45, 2.75) is 19.8 Å². The van der Waals surface area contributed by atoms with Gasteiger partial charge in [0.25, 0.3) is 0 Å². The van der Waals surface area contributed by atoms with E-state index in [9.17, 15) is 0 Å². The first-order valence-electron chi connectivity index (χ1n) is 4.35. The van der Waals surface area contributed by atoms with Crippen molar-refractivity contribution in [3.05, 3.63) is 35.4 Å². The molecule has 1 aromatic carbocycles. The maximum Gasteiger partial charge on any atom is 0.0317 e. The van der Waals surface area contributed by atoms with Gasteiger partial charge in [-0.15, -0.1) is 0 Å². The van der Waals surface area contributed by atoms with E-state index in [1.54, 1.807) is 0 Å². The molecule has 1 heteroatoms. The lowest BCUT2D eigenvalue weighted by atomic mass is 10.1. The summed E-state index contributed by atoms with van der Waals surface area (Å²) in [4.78, 5) is 0. The van der Waals surface area contributed by atoms with Crippen LogP contribution in [0.1, 0.15) is 24.5 Å². The summed E-state index contributed by atoms with van der Waals surface area (Å²) in [6, 6.07) is 6.20. The van der Waals surface area contributed by atoms with Crippen molar-refractivity contribution in [1.82, 2.24) is 0 Å². The van der Waals surface area contributed by atoms with E-state index in [-0.39, 0.29) is 0 Å². The van der Waals surface area contributed by atoms with Crippen LogP contribution in [0, 0.1) is 0 Å². The van der Waals surface area contributed by atoms with Gasteiger partial charge in [-0.05, 0) is 48.6 Å². The van der Waals surface area contributed by atoms with Crippen LogP contribution < -0.4 is 5.73 Å². The molecule has 2 N–H and O–H groups in total. The van der Waals surface area contributed by atoms with Crippen LogP contribution in [-0.4, -0.2) is 0 Å². The Morgan fingerprint density at radius 2 is 2.17 bits per heavy atom. The predicted octanol–water partition coefficient (Wildman–Crippen LogP) is 2.62. The molecular weight excluding hydrogens is 146 g/mol. The lowest BCUT2D eigenvalue weighted by Gasteiger charge is -2.00. The highest BCUT2D eigenvalue weighted by molar-refractivity contribution is 5.73. The van der Waals surface area contributed by atoms with Crippen molar-refractivity contribution >= 4 is 11.3 Å². The summed E-state index contributed by atoms with van der Waals surface area (Å²) in [7, 11) is 0. The van der Waals surface area contributed by atoms with E-state index in [2.05, 4.69) is 25.1 Å². The fraction of sp³-hybridized carbons (Fsp3) is 0.273. The number of allylic oxidation sites excluding steroid dienone is 2. The number of nitrogen functional groups attached to an aromatic ring is 1. The summed E-state index contributed by atoms with van der Waals surface area (Å²) >= 11 is 0. The van der Waals surface area contributed by atoms with Gasteiger partial charge in [-0.3, -0.25) is 0 Å². The van der Waals surface area contributed by atoms with Crippen molar-refractivity contribution in [3.63, 3.8) is 0 Å². The first-order valence-corrected chi connectivity index (χ1v) is 4.35. The molecule has 12 heavy (non-hydrogen) atoms. The molecule has 0 radical (unpaired) electrons. The second kappa shape index (κ2) is 2.67. The van der Waals surface area contributed by atoms with Crippen LogP contribution in [0.25, 0.3) is 5.57 Å². The smallest absolute Gasteiger partial charge is 0.0317 e. The Labute approximate surface area is 72.9 Å². The monoisotopic (exact) mass is 159 g/mol. The molecule has 0 bridgehead atoms. The number of aryl methyl sites for hydroxylation is 1. The van der Waals surface area contributed by atoms with E-state index in [4.69, 9.17) is 5.73 Å². The topological polar surface area (TPSA) is 26.0 Å². The Morgan fingerprint density at radius 3 is 2.92 bits per heavy atom. The molecule has 1 aliphatic rings. The normalized spacial score (nSPS) is 18.2. The molecule has 0 spiro atoms. The van der Waals surface area contributed by atoms with Gasteiger partial charge in [0.05, 0.1) is 0 Å². The Hall–Kier alpha value is -1.24. The van der Waals surface area contributed by atoms with E-state index in [0.29, 0.717) is 0 Å². The van der Waals surface area contributed by atoms with E-state index in [1.807, 2.05) is 6.07 Å². The van der Waals surface area contributed by atoms with Gasteiger partial charge in [0.1, 0.15) is 0 Å². The number of rotatable bonds is 0. The van der Waals surface area contributed by atoms with E-state index >= 15 is 0 Å². The van der Waals surface area contributed by atoms with E-state index in [1.165, 1.54) is 23.1 Å². The highest BCUT2D eigenvalue weighted by Crippen LogP contribution is 2.32. The Balaban J connectivity index is 2.55. The first-order chi connectivity index (χ1) is 5.81. The lowest BCUT2D eigenvalue weighted by molar-refractivity contribution is 1.08. The van der Waals surface area contributed by atoms with Gasteiger partial charge in [-0.1, -0.05) is 12.1 Å². The maximum absolute atomic E-state index is 5.70. The second-order valence-electron chi connectivity index (χ2n) is 3.23. The largest absolute Gasteiger partial charge is 0.399 e. The number of fused-ring (bicyclic) bond motifs is 1. The van der Waals surface area contributed by atoms with Gasteiger partial charge in [0.15, 0.2) is 0 Å². The molecule has 0 amide bonds. The molecule has 0 fully saturated rings. The molecule has 0 aliphatic heterocycles. The van der Waals surface area contributed by atoms with Crippen LogP contribution in [0.15, 0.2) is 24.3 Å². The summed E-state index contributed by atoms with van der Waals surface area (Å²) < 4.78 is 0. The van der Waals surface area contributed by atoms with Crippen molar-refractivity contribution < 1.29 is 0 Å². The number of nitrogens with two attached hydrogens (primary N) is 1. The molecular formula is C11H13N. The van der Waals surface area contributed by atoms with Crippen LogP contribution in [0.4, 0.5) is 5.69 Å². The summed E-state index contributed by atoms with van der Waals surface area (Å²) in [6.45, 7) is 2.10. The summed E-state index contributed by atoms with van der Waals surface area (Å²) in [5.41, 5.74) is 10.8. The molecule has 62 valence electrons. The van der Waals surface area contributed by atoms with Gasteiger partial charge >= 0.3 is 0 Å². The minimum atomic E-state index is 0.881. The van der Waals surface area contributed by atoms with Crippen LogP contribution in [-0.2, 0) is 6.42 Å². The molecule has 1 aliphatic carbocycles. The number of anilines is 1. The second-order valence-corrected chi connectivity index (χ2v) is 3.23. The average Bonchev–Trinajstić information content (AvgIpc) is 2.46. The maximum atomic E-state index is 5.70. The average molecular weight is 159 g/mol. The molecule has 0 atom stereocenters. The first kappa shape index (κ1) is 7.41. The third kappa shape index (κ3) is 1.02. The zero-order valence-electron chi connectivity index (χ0n) is 7.30. The van der Waals surface area contributed by atoms with Crippen LogP contribution in [0.2, 0.25) is 0 Å². The number of benzene rings is 1. The summed E-state index contributed by atoms with van der Waals surface area (Å²) in [5.74, 6) is 0. The molecule has 0 saturated carbocycles. The zero-order chi connectivity index (χ0) is 8.55. The number of hydrogen-bond acceptors (Lipinski definition) is 1. The quantitative estimate of drug-likeness (QED) is 0.578. The summed E-state index contributed by atoms with van der Waals surface area (Å²) in [6.07, 6.45) is 4.53. The van der Waals surface area contributed by atoms with Gasteiger partial charge in [0.2, 0.25) is 0 Å². The fourth-order valence-electron chi connectivity index (χ4n) is 1.84. The Morgan fingerprint density at radius 1 is 1.33 bits per heavy atom. The molecule has 1 nitrogen and oxygen atoms in total. The van der Waals surface area contributed by atoms with Crippen molar-refractivity contribution in [1.29, 1.82) is 0 Å². The van der Waals surface area contributed by atoms with Gasteiger partial charge in [-0.2, -0.15) is 0 Å². The highest BCUT2D eigenvalue weighted by atomic mass is 14.5. The third-order valence-corrected chi connectivity index (χ3v) is 2.49. The minimum Gasteiger partial charge on any atom is -0.399 e. The predicted molar refractivity (Wildman–Crippen MR) is 52.8 cm³/mol. The Kier molecular flexibility index (Phi) is 1.65.